The first-order chi connectivity index (χ1) is 9.69. The largest absolute Gasteiger partial charge is 0.444 e. The number of carbonyl (C=O) groups is 1. The van der Waals surface area contributed by atoms with E-state index >= 15 is 0 Å². The van der Waals surface area contributed by atoms with E-state index in [2.05, 4.69) is 45.8 Å². The van der Waals surface area contributed by atoms with Crippen molar-refractivity contribution in [3.05, 3.63) is 12.7 Å². The molecule has 0 radical (unpaired) electrons. The quantitative estimate of drug-likeness (QED) is 0.578. The summed E-state index contributed by atoms with van der Waals surface area (Å²) in [6.07, 6.45) is -0.0775. The molecule has 0 saturated carbocycles. The molecule has 2 atom stereocenters. The Morgan fingerprint density at radius 2 is 1.77 bits per heavy atom. The van der Waals surface area contributed by atoms with Crippen LogP contribution in [-0.2, 0) is 9.16 Å². The minimum Gasteiger partial charge on any atom is -0.444 e. The maximum atomic E-state index is 11.9. The molecule has 0 spiro atoms. The average molecular weight is 332 g/mol. The third kappa shape index (κ3) is 7.42. The van der Waals surface area contributed by atoms with Gasteiger partial charge in [0.25, 0.3) is 0 Å². The van der Waals surface area contributed by atoms with Gasteiger partial charge in [-0.15, -0.1) is 6.58 Å². The van der Waals surface area contributed by atoms with Crippen LogP contribution >= 0.6 is 0 Å². The summed E-state index contributed by atoms with van der Waals surface area (Å²) >= 11 is 0. The lowest BCUT2D eigenvalue weighted by Gasteiger charge is -2.37. The van der Waals surface area contributed by atoms with E-state index < -0.39 is 32.2 Å². The lowest BCUT2D eigenvalue weighted by atomic mass is 10.2. The minimum absolute atomic E-state index is 0.0581. The molecule has 0 unspecified atom stereocenters. The van der Waals surface area contributed by atoms with Gasteiger partial charge in [0, 0.05) is 0 Å². The number of aliphatic hydroxyl groups is 1. The highest BCUT2D eigenvalue weighted by atomic mass is 28.4. The predicted octanol–water partition coefficient (Wildman–Crippen LogP) is 3.45. The molecule has 22 heavy (non-hydrogen) atoms. The average Bonchev–Trinajstić information content (AvgIpc) is 2.29. The summed E-state index contributed by atoms with van der Waals surface area (Å²) in [5.74, 6) is 0. The molecule has 0 aromatic rings. The van der Waals surface area contributed by atoms with Gasteiger partial charge in [0.15, 0.2) is 8.32 Å². The molecule has 0 aliphatic rings. The molecule has 0 bridgehead atoms. The molecule has 0 aliphatic carbocycles. The number of amides is 1. The zero-order valence-corrected chi connectivity index (χ0v) is 16.3. The molecule has 0 saturated heterocycles. The maximum absolute atomic E-state index is 11.9. The molecule has 1 amide bonds. The van der Waals surface area contributed by atoms with Crippen molar-refractivity contribution >= 4 is 14.4 Å². The highest BCUT2D eigenvalue weighted by molar-refractivity contribution is 6.74. The van der Waals surface area contributed by atoms with Crippen molar-refractivity contribution in [3.63, 3.8) is 0 Å². The lowest BCUT2D eigenvalue weighted by molar-refractivity contribution is 0.0412. The van der Waals surface area contributed by atoms with Crippen molar-refractivity contribution in [3.8, 4) is 0 Å². The topological polar surface area (TPSA) is 67.8 Å². The van der Waals surface area contributed by atoms with Gasteiger partial charge < -0.3 is 19.6 Å². The summed E-state index contributed by atoms with van der Waals surface area (Å²) in [6, 6.07) is -0.582. The van der Waals surface area contributed by atoms with Crippen LogP contribution in [0.1, 0.15) is 41.5 Å². The number of carbonyl (C=O) groups excluding carboxylic acids is 1. The fourth-order valence-corrected chi connectivity index (χ4v) is 2.39. The second kappa shape index (κ2) is 7.61. The molecular weight excluding hydrogens is 298 g/mol. The van der Waals surface area contributed by atoms with Crippen LogP contribution in [0.3, 0.4) is 0 Å². The smallest absolute Gasteiger partial charge is 0.408 e. The van der Waals surface area contributed by atoms with E-state index in [0.29, 0.717) is 0 Å². The van der Waals surface area contributed by atoms with Gasteiger partial charge in [0.05, 0.1) is 18.8 Å². The summed E-state index contributed by atoms with van der Waals surface area (Å²) in [5, 5.41) is 12.7. The molecule has 0 aliphatic heterocycles. The molecule has 0 heterocycles. The monoisotopic (exact) mass is 331 g/mol. The minimum atomic E-state index is -1.96. The van der Waals surface area contributed by atoms with Gasteiger partial charge in [0.1, 0.15) is 5.60 Å². The Labute approximate surface area is 136 Å². The standard InChI is InChI=1S/C16H33NO4Si/c1-10-13(18)12(17-14(19)21-15(2,3)4)11-20-22(8,9)16(5,6)7/h10,12-13,18H,1,11H2,2-9H3,(H,17,19)/t12-,13-/m0/s1. The number of nitrogens with one attached hydrogen (secondary N) is 1. The van der Waals surface area contributed by atoms with Gasteiger partial charge in [-0.1, -0.05) is 26.8 Å². The van der Waals surface area contributed by atoms with Gasteiger partial charge in [-0.05, 0) is 38.9 Å². The van der Waals surface area contributed by atoms with Gasteiger partial charge in [-0.3, -0.25) is 0 Å². The Kier molecular flexibility index (Phi) is 7.32. The van der Waals surface area contributed by atoms with Crippen LogP contribution < -0.4 is 5.32 Å². The van der Waals surface area contributed by atoms with Crippen LogP contribution in [0.2, 0.25) is 18.1 Å². The third-order valence-corrected chi connectivity index (χ3v) is 8.29. The highest BCUT2D eigenvalue weighted by Crippen LogP contribution is 2.36. The maximum Gasteiger partial charge on any atom is 0.408 e. The Balaban J connectivity index is 4.81. The van der Waals surface area contributed by atoms with E-state index in [1.54, 1.807) is 20.8 Å². The fraction of sp³-hybridized carbons (Fsp3) is 0.812. The molecule has 0 rings (SSSR count). The van der Waals surface area contributed by atoms with Crippen LogP contribution in [0.25, 0.3) is 0 Å². The van der Waals surface area contributed by atoms with Gasteiger partial charge in [-0.2, -0.15) is 0 Å². The van der Waals surface area contributed by atoms with E-state index in [0.717, 1.165) is 0 Å². The Bertz CT molecular complexity index is 383. The number of hydrogen-bond acceptors (Lipinski definition) is 4. The van der Waals surface area contributed by atoms with E-state index in [4.69, 9.17) is 9.16 Å². The van der Waals surface area contributed by atoms with Gasteiger partial charge in [0.2, 0.25) is 0 Å². The first kappa shape index (κ1) is 21.1. The van der Waals surface area contributed by atoms with Crippen molar-refractivity contribution in [2.24, 2.45) is 0 Å². The summed E-state index contributed by atoms with van der Waals surface area (Å²) in [4.78, 5) is 11.9. The van der Waals surface area contributed by atoms with Crippen LogP contribution in [0, 0.1) is 0 Å². The zero-order chi connectivity index (χ0) is 17.8. The lowest BCUT2D eigenvalue weighted by Crippen LogP contribution is -2.51. The molecule has 0 aromatic heterocycles. The molecule has 0 aromatic carbocycles. The van der Waals surface area contributed by atoms with E-state index in [-0.39, 0.29) is 11.6 Å². The Morgan fingerprint density at radius 1 is 1.27 bits per heavy atom. The van der Waals surface area contributed by atoms with Crippen molar-refractivity contribution < 1.29 is 19.1 Å². The first-order valence-corrected chi connectivity index (χ1v) is 10.5. The van der Waals surface area contributed by atoms with E-state index in [1.165, 1.54) is 6.08 Å². The molecule has 6 heteroatoms. The molecule has 2 N–H and O–H groups in total. The van der Waals surface area contributed by atoms with Crippen LogP contribution in [-0.4, -0.2) is 43.9 Å². The van der Waals surface area contributed by atoms with Crippen molar-refractivity contribution in [2.75, 3.05) is 6.61 Å². The molecule has 130 valence electrons. The zero-order valence-electron chi connectivity index (χ0n) is 15.3. The van der Waals surface area contributed by atoms with Crippen molar-refractivity contribution in [2.45, 2.75) is 77.4 Å². The summed E-state index contributed by atoms with van der Waals surface area (Å²) in [6.45, 7) is 19.8. The van der Waals surface area contributed by atoms with Crippen molar-refractivity contribution in [1.29, 1.82) is 0 Å². The summed E-state index contributed by atoms with van der Waals surface area (Å²) in [5.41, 5.74) is -0.589. The normalized spacial score (nSPS) is 15.9. The second-order valence-electron chi connectivity index (χ2n) is 8.05. The second-order valence-corrected chi connectivity index (χ2v) is 12.9. The number of alkyl carbamates (subject to hydrolysis) is 1. The third-order valence-electron chi connectivity index (χ3n) is 3.79. The summed E-state index contributed by atoms with van der Waals surface area (Å²) in [7, 11) is -1.96. The molecule has 0 fully saturated rings. The Hall–Kier alpha value is -0.853. The predicted molar refractivity (Wildman–Crippen MR) is 92.5 cm³/mol. The van der Waals surface area contributed by atoms with Gasteiger partial charge >= 0.3 is 6.09 Å². The number of rotatable bonds is 6. The van der Waals surface area contributed by atoms with Crippen LogP contribution in [0.5, 0.6) is 0 Å². The fourth-order valence-electron chi connectivity index (χ4n) is 1.36. The number of ether oxygens (including phenoxy) is 1. The van der Waals surface area contributed by atoms with Crippen LogP contribution in [0.15, 0.2) is 12.7 Å². The summed E-state index contributed by atoms with van der Waals surface area (Å²) < 4.78 is 11.3. The Morgan fingerprint density at radius 3 is 2.14 bits per heavy atom. The number of aliphatic hydroxyl groups excluding tert-OH is 1. The van der Waals surface area contributed by atoms with Crippen LogP contribution in [0.4, 0.5) is 4.79 Å². The first-order valence-electron chi connectivity index (χ1n) is 7.64. The number of hydrogen-bond donors (Lipinski definition) is 2. The SMILES string of the molecule is C=C[C@H](O)[C@H](CO[Si](C)(C)C(C)(C)C)NC(=O)OC(C)(C)C. The van der Waals surface area contributed by atoms with Crippen molar-refractivity contribution in [1.82, 2.24) is 5.32 Å². The van der Waals surface area contributed by atoms with E-state index in [9.17, 15) is 9.90 Å². The molecular formula is C16H33NO4Si. The molecule has 5 nitrogen and oxygen atoms in total. The highest BCUT2D eigenvalue weighted by Gasteiger charge is 2.38. The van der Waals surface area contributed by atoms with E-state index in [1.807, 2.05) is 0 Å². The van der Waals surface area contributed by atoms with Gasteiger partial charge in [-0.25, -0.2) is 4.79 Å².